The van der Waals surface area contributed by atoms with Crippen molar-refractivity contribution in [3.05, 3.63) is 29.6 Å². The molecular formula is C13H16F4N4O. The van der Waals surface area contributed by atoms with Crippen LogP contribution in [-0.2, 0) is 6.18 Å². The standard InChI is InChI=1S/C13H16F4N4O/c1-12(2,3)21-11(22)20-10(18)19-9-5-4-7(6-8(9)14)13(15,16)17/h4-6H,1-3H3,(H4,18,19,20,21,22). The normalized spacial score (nSPS) is 13.0. The van der Waals surface area contributed by atoms with Crippen LogP contribution in [0.15, 0.2) is 23.2 Å². The van der Waals surface area contributed by atoms with Gasteiger partial charge in [0.2, 0.25) is 5.96 Å². The Morgan fingerprint density at radius 2 is 1.82 bits per heavy atom. The lowest BCUT2D eigenvalue weighted by Gasteiger charge is -2.20. The maximum absolute atomic E-state index is 13.6. The van der Waals surface area contributed by atoms with E-state index in [0.717, 1.165) is 6.07 Å². The molecule has 0 saturated carbocycles. The van der Waals surface area contributed by atoms with Gasteiger partial charge in [-0.05, 0) is 39.0 Å². The van der Waals surface area contributed by atoms with E-state index in [1.807, 2.05) is 0 Å². The molecule has 2 amide bonds. The second kappa shape index (κ2) is 6.20. The zero-order chi connectivity index (χ0) is 17.1. The van der Waals surface area contributed by atoms with Crippen molar-refractivity contribution in [2.75, 3.05) is 0 Å². The molecule has 0 bridgehead atoms. The quantitative estimate of drug-likeness (QED) is 0.422. The van der Waals surface area contributed by atoms with E-state index in [2.05, 4.69) is 15.6 Å². The summed E-state index contributed by atoms with van der Waals surface area (Å²) in [7, 11) is 0. The van der Waals surface area contributed by atoms with E-state index in [4.69, 9.17) is 5.73 Å². The van der Waals surface area contributed by atoms with Crippen LogP contribution in [0.1, 0.15) is 26.3 Å². The van der Waals surface area contributed by atoms with Gasteiger partial charge in [0.1, 0.15) is 11.5 Å². The molecule has 122 valence electrons. The van der Waals surface area contributed by atoms with Gasteiger partial charge in [-0.15, -0.1) is 0 Å². The van der Waals surface area contributed by atoms with Crippen LogP contribution < -0.4 is 16.4 Å². The van der Waals surface area contributed by atoms with E-state index in [-0.39, 0.29) is 0 Å². The van der Waals surface area contributed by atoms with Gasteiger partial charge in [0.25, 0.3) is 0 Å². The van der Waals surface area contributed by atoms with Crippen molar-refractivity contribution < 1.29 is 22.4 Å². The summed E-state index contributed by atoms with van der Waals surface area (Å²) in [6.07, 6.45) is -4.65. The van der Waals surface area contributed by atoms with Crippen LogP contribution in [-0.4, -0.2) is 17.5 Å². The molecule has 0 aliphatic carbocycles. The predicted molar refractivity (Wildman–Crippen MR) is 74.1 cm³/mol. The smallest absolute Gasteiger partial charge is 0.369 e. The molecule has 0 fully saturated rings. The van der Waals surface area contributed by atoms with Gasteiger partial charge in [-0.3, -0.25) is 5.32 Å². The Morgan fingerprint density at radius 1 is 1.23 bits per heavy atom. The topological polar surface area (TPSA) is 79.5 Å². The van der Waals surface area contributed by atoms with Gasteiger partial charge in [0.05, 0.1) is 5.56 Å². The van der Waals surface area contributed by atoms with Gasteiger partial charge in [-0.1, -0.05) is 0 Å². The molecule has 0 radical (unpaired) electrons. The first-order valence-electron chi connectivity index (χ1n) is 6.18. The Labute approximate surface area is 124 Å². The van der Waals surface area contributed by atoms with Gasteiger partial charge in [-0.25, -0.2) is 14.2 Å². The van der Waals surface area contributed by atoms with E-state index < -0.39 is 40.8 Å². The number of hydrogen-bond donors (Lipinski definition) is 3. The number of benzene rings is 1. The molecular weight excluding hydrogens is 304 g/mol. The van der Waals surface area contributed by atoms with Crippen LogP contribution in [0.4, 0.5) is 28.0 Å². The SMILES string of the molecule is CC(C)(C)NC(=O)NC(N)=Nc1ccc(C(F)(F)F)cc1F. The summed E-state index contributed by atoms with van der Waals surface area (Å²) in [4.78, 5) is 15.0. The van der Waals surface area contributed by atoms with Crippen LogP contribution in [0.3, 0.4) is 0 Å². The number of aliphatic imine (C=N–C) groups is 1. The van der Waals surface area contributed by atoms with Crippen molar-refractivity contribution in [2.24, 2.45) is 10.7 Å². The third-order valence-electron chi connectivity index (χ3n) is 2.25. The first-order chi connectivity index (χ1) is 9.88. The van der Waals surface area contributed by atoms with Gasteiger partial charge in [0.15, 0.2) is 0 Å². The molecule has 4 N–H and O–H groups in total. The van der Waals surface area contributed by atoms with Crippen LogP contribution in [0.25, 0.3) is 0 Å². The number of carbonyl (C=O) groups is 1. The Hall–Kier alpha value is -2.32. The zero-order valence-corrected chi connectivity index (χ0v) is 12.2. The van der Waals surface area contributed by atoms with Crippen molar-refractivity contribution in [3.8, 4) is 0 Å². The summed E-state index contributed by atoms with van der Waals surface area (Å²) in [6.45, 7) is 5.19. The third kappa shape index (κ3) is 5.58. The highest BCUT2D eigenvalue weighted by molar-refractivity contribution is 5.96. The monoisotopic (exact) mass is 320 g/mol. The molecule has 0 heterocycles. The minimum Gasteiger partial charge on any atom is -0.369 e. The lowest BCUT2D eigenvalue weighted by atomic mass is 10.1. The second-order valence-corrected chi connectivity index (χ2v) is 5.49. The van der Waals surface area contributed by atoms with Crippen LogP contribution in [0.2, 0.25) is 0 Å². The van der Waals surface area contributed by atoms with Gasteiger partial charge in [0, 0.05) is 5.54 Å². The van der Waals surface area contributed by atoms with Crippen molar-refractivity contribution in [1.82, 2.24) is 10.6 Å². The lowest BCUT2D eigenvalue weighted by molar-refractivity contribution is -0.137. The number of rotatable bonds is 1. The number of guanidine groups is 1. The summed E-state index contributed by atoms with van der Waals surface area (Å²) >= 11 is 0. The molecule has 9 heteroatoms. The Bertz CT molecular complexity index is 591. The minimum atomic E-state index is -4.65. The predicted octanol–water partition coefficient (Wildman–Crippen LogP) is 2.89. The molecule has 1 aromatic rings. The number of alkyl halides is 3. The van der Waals surface area contributed by atoms with E-state index in [0.29, 0.717) is 12.1 Å². The summed E-state index contributed by atoms with van der Waals surface area (Å²) in [5.74, 6) is -1.64. The maximum Gasteiger partial charge on any atom is 0.416 e. The minimum absolute atomic E-state index is 0.307. The number of carbonyl (C=O) groups excluding carboxylic acids is 1. The first-order valence-corrected chi connectivity index (χ1v) is 6.18. The molecule has 0 saturated heterocycles. The maximum atomic E-state index is 13.6. The summed E-state index contributed by atoms with van der Waals surface area (Å²) < 4.78 is 50.8. The summed E-state index contributed by atoms with van der Waals surface area (Å²) in [5, 5.41) is 4.67. The average Bonchev–Trinajstić information content (AvgIpc) is 2.27. The van der Waals surface area contributed by atoms with Crippen molar-refractivity contribution >= 4 is 17.7 Å². The fourth-order valence-corrected chi connectivity index (χ4v) is 1.42. The third-order valence-corrected chi connectivity index (χ3v) is 2.25. The number of halogens is 4. The number of hydrogen-bond acceptors (Lipinski definition) is 2. The molecule has 5 nitrogen and oxygen atoms in total. The highest BCUT2D eigenvalue weighted by atomic mass is 19.4. The highest BCUT2D eigenvalue weighted by Gasteiger charge is 2.31. The molecule has 0 aromatic heterocycles. The van der Waals surface area contributed by atoms with E-state index >= 15 is 0 Å². The van der Waals surface area contributed by atoms with Crippen molar-refractivity contribution in [3.63, 3.8) is 0 Å². The second-order valence-electron chi connectivity index (χ2n) is 5.49. The Morgan fingerprint density at radius 3 is 2.27 bits per heavy atom. The first kappa shape index (κ1) is 17.7. The van der Waals surface area contributed by atoms with Crippen molar-refractivity contribution in [1.29, 1.82) is 0 Å². The highest BCUT2D eigenvalue weighted by Crippen LogP contribution is 2.31. The molecule has 1 rings (SSSR count). The lowest BCUT2D eigenvalue weighted by Crippen LogP contribution is -2.50. The molecule has 0 atom stereocenters. The van der Waals surface area contributed by atoms with E-state index in [1.165, 1.54) is 0 Å². The van der Waals surface area contributed by atoms with Crippen LogP contribution in [0.5, 0.6) is 0 Å². The Kier molecular flexibility index (Phi) is 5.00. The van der Waals surface area contributed by atoms with Crippen LogP contribution >= 0.6 is 0 Å². The van der Waals surface area contributed by atoms with E-state index in [9.17, 15) is 22.4 Å². The molecule has 0 spiro atoms. The fraction of sp³-hybridized carbons (Fsp3) is 0.385. The molecule has 0 unspecified atom stereocenters. The fourth-order valence-electron chi connectivity index (χ4n) is 1.42. The van der Waals surface area contributed by atoms with Gasteiger partial charge >= 0.3 is 12.2 Å². The molecule has 1 aromatic carbocycles. The number of amides is 2. The van der Waals surface area contributed by atoms with Gasteiger partial charge < -0.3 is 11.1 Å². The van der Waals surface area contributed by atoms with Gasteiger partial charge in [-0.2, -0.15) is 13.2 Å². The Balaban J connectivity index is 2.87. The van der Waals surface area contributed by atoms with Crippen LogP contribution in [0, 0.1) is 5.82 Å². The molecule has 0 aliphatic heterocycles. The number of nitrogens with zero attached hydrogens (tertiary/aromatic N) is 1. The molecule has 0 aliphatic rings. The van der Waals surface area contributed by atoms with Crippen molar-refractivity contribution in [2.45, 2.75) is 32.5 Å². The zero-order valence-electron chi connectivity index (χ0n) is 12.2. The largest absolute Gasteiger partial charge is 0.416 e. The number of nitrogens with one attached hydrogen (secondary N) is 2. The number of nitrogens with two attached hydrogens (primary N) is 1. The summed E-state index contributed by atoms with van der Waals surface area (Å²) in [6, 6.07) is 1.14. The van der Waals surface area contributed by atoms with E-state index in [1.54, 1.807) is 20.8 Å². The average molecular weight is 320 g/mol. The molecule has 22 heavy (non-hydrogen) atoms. The number of urea groups is 1. The summed E-state index contributed by atoms with van der Waals surface area (Å²) in [5.41, 5.74) is 3.33.